The predicted molar refractivity (Wildman–Crippen MR) is 39.9 cm³/mol. The van der Waals surface area contributed by atoms with Crippen molar-refractivity contribution in [3.8, 4) is 0 Å². The summed E-state index contributed by atoms with van der Waals surface area (Å²) in [6.45, 7) is 0. The quantitative estimate of drug-likeness (QED) is 0.562. The maximum absolute atomic E-state index is 11.0. The fourth-order valence-electron chi connectivity index (χ4n) is 0.951. The molecule has 0 atom stereocenters. The highest BCUT2D eigenvalue weighted by Gasteiger charge is 2.19. The lowest BCUT2D eigenvalue weighted by Gasteiger charge is -1.89. The van der Waals surface area contributed by atoms with Crippen LogP contribution in [-0.2, 0) is 5.75 Å². The second-order valence-corrected chi connectivity index (χ2v) is 3.02. The van der Waals surface area contributed by atoms with Gasteiger partial charge in [0.15, 0.2) is 0 Å². The molecule has 1 aliphatic rings. The molecule has 50 valence electrons. The molecule has 2 heterocycles. The number of carbonyl (C=O) groups is 1. The van der Waals surface area contributed by atoms with E-state index in [0.717, 1.165) is 17.0 Å². The van der Waals surface area contributed by atoms with E-state index < -0.39 is 0 Å². The molecule has 0 bridgehead atoms. The average Bonchev–Trinajstić information content (AvgIpc) is 2.34. The third-order valence-electron chi connectivity index (χ3n) is 1.45. The lowest BCUT2D eigenvalue weighted by molar-refractivity contribution is 0.109. The van der Waals surface area contributed by atoms with Crippen molar-refractivity contribution in [1.82, 2.24) is 4.98 Å². The highest BCUT2D eigenvalue weighted by atomic mass is 32.2. The van der Waals surface area contributed by atoms with Gasteiger partial charge >= 0.3 is 0 Å². The third-order valence-corrected chi connectivity index (χ3v) is 2.35. The zero-order chi connectivity index (χ0) is 6.97. The molecule has 0 saturated carbocycles. The molecule has 0 fully saturated rings. The smallest absolute Gasteiger partial charge is 0.221 e. The molecular weight excluding hydrogens is 146 g/mol. The number of aromatic nitrogens is 1. The summed E-state index contributed by atoms with van der Waals surface area (Å²) in [6, 6.07) is 3.62. The van der Waals surface area contributed by atoms with Crippen LogP contribution in [-0.4, -0.2) is 10.1 Å². The van der Waals surface area contributed by atoms with Crippen LogP contribution in [0.5, 0.6) is 0 Å². The molecule has 0 unspecified atom stereocenters. The normalized spacial score (nSPS) is 15.4. The van der Waals surface area contributed by atoms with Crippen molar-refractivity contribution < 1.29 is 4.79 Å². The molecule has 0 N–H and O–H groups in total. The second-order valence-electron chi connectivity index (χ2n) is 2.07. The topological polar surface area (TPSA) is 30.0 Å². The van der Waals surface area contributed by atoms with Gasteiger partial charge in [-0.3, -0.25) is 9.78 Å². The number of nitrogens with zero attached hydrogens (tertiary/aromatic N) is 1. The van der Waals surface area contributed by atoms with E-state index in [1.165, 1.54) is 11.8 Å². The first kappa shape index (κ1) is 5.92. The maximum Gasteiger partial charge on any atom is 0.221 e. The number of fused-ring (bicyclic) bond motifs is 1. The van der Waals surface area contributed by atoms with E-state index in [4.69, 9.17) is 0 Å². The Morgan fingerprint density at radius 1 is 1.60 bits per heavy atom. The lowest BCUT2D eigenvalue weighted by atomic mass is 10.2. The number of pyridine rings is 1. The largest absolute Gasteiger partial charge is 0.281 e. The Kier molecular flexibility index (Phi) is 1.24. The molecule has 0 aliphatic carbocycles. The van der Waals surface area contributed by atoms with Crippen molar-refractivity contribution in [2.75, 3.05) is 0 Å². The van der Waals surface area contributed by atoms with Crippen LogP contribution < -0.4 is 0 Å². The summed E-state index contributed by atoms with van der Waals surface area (Å²) in [5, 5.41) is 0.156. The summed E-state index contributed by atoms with van der Waals surface area (Å²) in [6.07, 6.45) is 1.72. The van der Waals surface area contributed by atoms with E-state index in [9.17, 15) is 4.79 Å². The molecule has 3 heteroatoms. The van der Waals surface area contributed by atoms with E-state index in [1.807, 2.05) is 6.07 Å². The average molecular weight is 151 g/mol. The number of hydrogen-bond donors (Lipinski definition) is 0. The first-order valence-electron chi connectivity index (χ1n) is 2.99. The van der Waals surface area contributed by atoms with Crippen LogP contribution in [0.1, 0.15) is 16.1 Å². The van der Waals surface area contributed by atoms with Crippen LogP contribution in [0.3, 0.4) is 0 Å². The fourth-order valence-corrected chi connectivity index (χ4v) is 1.79. The Bertz CT molecular complexity index is 285. The molecule has 1 aromatic heterocycles. The first-order valence-corrected chi connectivity index (χ1v) is 3.97. The van der Waals surface area contributed by atoms with Crippen LogP contribution in [0.25, 0.3) is 0 Å². The Labute approximate surface area is 62.7 Å². The Morgan fingerprint density at radius 2 is 2.50 bits per heavy atom. The fraction of sp³-hybridized carbons (Fsp3) is 0.143. The predicted octanol–water partition coefficient (Wildman–Crippen LogP) is 1.47. The van der Waals surface area contributed by atoms with Crippen LogP contribution in [0.15, 0.2) is 18.3 Å². The van der Waals surface area contributed by atoms with E-state index in [0.29, 0.717) is 0 Å². The van der Waals surface area contributed by atoms with Crippen molar-refractivity contribution in [3.63, 3.8) is 0 Å². The summed E-state index contributed by atoms with van der Waals surface area (Å²) in [5.74, 6) is 0.745. The van der Waals surface area contributed by atoms with Gasteiger partial charge in [-0.05, 0) is 12.1 Å². The highest BCUT2D eigenvalue weighted by molar-refractivity contribution is 8.13. The summed E-state index contributed by atoms with van der Waals surface area (Å²) in [7, 11) is 0. The second kappa shape index (κ2) is 2.09. The van der Waals surface area contributed by atoms with Crippen molar-refractivity contribution in [1.29, 1.82) is 0 Å². The molecule has 0 amide bonds. The molecule has 0 aromatic carbocycles. The summed E-state index contributed by atoms with van der Waals surface area (Å²) >= 11 is 1.32. The first-order chi connectivity index (χ1) is 4.88. The molecule has 0 saturated heterocycles. The maximum atomic E-state index is 11.0. The van der Waals surface area contributed by atoms with E-state index in [1.54, 1.807) is 12.3 Å². The minimum Gasteiger partial charge on any atom is -0.281 e. The monoisotopic (exact) mass is 151 g/mol. The van der Waals surface area contributed by atoms with E-state index in [2.05, 4.69) is 4.98 Å². The number of carbonyl (C=O) groups excluding carboxylic acids is 1. The van der Waals surface area contributed by atoms with Gasteiger partial charge in [-0.2, -0.15) is 0 Å². The molecule has 2 rings (SSSR count). The van der Waals surface area contributed by atoms with Crippen molar-refractivity contribution in [2.45, 2.75) is 5.75 Å². The summed E-state index contributed by atoms with van der Waals surface area (Å²) in [5.41, 5.74) is 1.71. The highest BCUT2D eigenvalue weighted by Crippen LogP contribution is 2.27. The molecule has 0 radical (unpaired) electrons. The minimum absolute atomic E-state index is 0.156. The van der Waals surface area contributed by atoms with Gasteiger partial charge in [-0.15, -0.1) is 0 Å². The molecule has 1 aliphatic heterocycles. The lowest BCUT2D eigenvalue weighted by Crippen LogP contribution is -1.89. The van der Waals surface area contributed by atoms with Gasteiger partial charge in [-0.25, -0.2) is 0 Å². The van der Waals surface area contributed by atoms with Gasteiger partial charge in [0.2, 0.25) is 5.12 Å². The molecule has 0 spiro atoms. The van der Waals surface area contributed by atoms with E-state index in [-0.39, 0.29) is 5.12 Å². The van der Waals surface area contributed by atoms with Gasteiger partial charge in [0.25, 0.3) is 0 Å². The van der Waals surface area contributed by atoms with Gasteiger partial charge in [-0.1, -0.05) is 11.8 Å². The minimum atomic E-state index is 0.156. The summed E-state index contributed by atoms with van der Waals surface area (Å²) in [4.78, 5) is 15.1. The van der Waals surface area contributed by atoms with Crippen LogP contribution in [0.2, 0.25) is 0 Å². The SMILES string of the molecule is O=C1SCc2ncccc21. The molecule has 2 nitrogen and oxygen atoms in total. The Balaban J connectivity index is 2.61. The standard InChI is InChI=1S/C7H5NOS/c9-7-5-2-1-3-8-6(5)4-10-7/h1-3H,4H2. The van der Waals surface area contributed by atoms with Crippen molar-refractivity contribution in [3.05, 3.63) is 29.6 Å². The van der Waals surface area contributed by atoms with E-state index >= 15 is 0 Å². The van der Waals surface area contributed by atoms with Crippen LogP contribution in [0.4, 0.5) is 0 Å². The Hall–Kier alpha value is -0.830. The number of hydrogen-bond acceptors (Lipinski definition) is 3. The van der Waals surface area contributed by atoms with Crippen molar-refractivity contribution in [2.24, 2.45) is 0 Å². The van der Waals surface area contributed by atoms with Crippen LogP contribution in [0, 0.1) is 0 Å². The van der Waals surface area contributed by atoms with Gasteiger partial charge in [0, 0.05) is 11.9 Å². The van der Waals surface area contributed by atoms with Gasteiger partial charge < -0.3 is 0 Å². The molecule has 1 aromatic rings. The van der Waals surface area contributed by atoms with Gasteiger partial charge in [0.1, 0.15) is 0 Å². The third kappa shape index (κ3) is 0.743. The Morgan fingerprint density at radius 3 is 3.30 bits per heavy atom. The van der Waals surface area contributed by atoms with Crippen molar-refractivity contribution >= 4 is 16.9 Å². The number of rotatable bonds is 0. The zero-order valence-corrected chi connectivity index (χ0v) is 6.02. The molecule has 10 heavy (non-hydrogen) atoms. The van der Waals surface area contributed by atoms with Gasteiger partial charge in [0.05, 0.1) is 11.3 Å². The van der Waals surface area contributed by atoms with Crippen LogP contribution >= 0.6 is 11.8 Å². The number of thioether (sulfide) groups is 1. The molecular formula is C7H5NOS. The zero-order valence-electron chi connectivity index (χ0n) is 5.20. The summed E-state index contributed by atoms with van der Waals surface area (Å²) < 4.78 is 0.